The number of allylic oxidation sites excluding steroid dienone is 2. The summed E-state index contributed by atoms with van der Waals surface area (Å²) in [5, 5.41) is 8.78. The number of carbonyl (C=O) groups is 3. The largest absolute Gasteiger partial charge is 0.478 e. The van der Waals surface area contributed by atoms with Crippen molar-refractivity contribution in [2.45, 2.75) is 6.92 Å². The van der Waals surface area contributed by atoms with Gasteiger partial charge in [0.05, 0.1) is 16.2 Å². The lowest BCUT2D eigenvalue weighted by Crippen LogP contribution is -2.29. The lowest BCUT2D eigenvalue weighted by atomic mass is 10.1. The predicted molar refractivity (Wildman–Crippen MR) is 102 cm³/mol. The average molecular weight is 365 g/mol. The molecule has 1 aliphatic rings. The molecule has 0 radical (unpaired) electrons. The van der Waals surface area contributed by atoms with Gasteiger partial charge in [0.1, 0.15) is 0 Å². The van der Waals surface area contributed by atoms with Gasteiger partial charge >= 0.3 is 5.97 Å². The van der Waals surface area contributed by atoms with Crippen LogP contribution >= 0.6 is 11.8 Å². The van der Waals surface area contributed by atoms with Crippen LogP contribution in [-0.4, -0.2) is 22.2 Å². The van der Waals surface area contributed by atoms with Crippen molar-refractivity contribution >= 4 is 40.6 Å². The molecule has 1 aliphatic heterocycles. The van der Waals surface area contributed by atoms with Gasteiger partial charge < -0.3 is 5.11 Å². The molecule has 2 aromatic rings. The molecule has 0 aliphatic carbocycles. The standard InChI is InChI=1S/C20H15NO4S/c1-13(11-14-7-3-2-4-8-14)12-17-18(22)21(20(25)26-17)16-10-6-5-9-15(16)19(23)24/h2-12H,1H3,(H,23,24)/b13-11+,17-12+. The van der Waals surface area contributed by atoms with E-state index in [1.54, 1.807) is 18.2 Å². The minimum absolute atomic E-state index is 0.0793. The third-order valence-electron chi connectivity index (χ3n) is 3.72. The zero-order valence-corrected chi connectivity index (χ0v) is 14.7. The number of carboxylic acids is 1. The number of thioether (sulfide) groups is 1. The third-order valence-corrected chi connectivity index (χ3v) is 4.59. The number of imide groups is 1. The van der Waals surface area contributed by atoms with Crippen LogP contribution in [0.1, 0.15) is 22.8 Å². The highest BCUT2D eigenvalue weighted by molar-refractivity contribution is 8.18. The normalized spacial score (nSPS) is 16.4. The summed E-state index contributed by atoms with van der Waals surface area (Å²) in [7, 11) is 0. The first-order valence-electron chi connectivity index (χ1n) is 7.81. The summed E-state index contributed by atoms with van der Waals surface area (Å²) >= 11 is 0.801. The Bertz CT molecular complexity index is 947. The molecule has 6 heteroatoms. The summed E-state index contributed by atoms with van der Waals surface area (Å²) in [5.74, 6) is -1.71. The van der Waals surface area contributed by atoms with E-state index in [1.807, 2.05) is 43.3 Å². The lowest BCUT2D eigenvalue weighted by Gasteiger charge is -2.14. The van der Waals surface area contributed by atoms with E-state index in [4.69, 9.17) is 0 Å². The Morgan fingerprint density at radius 2 is 1.69 bits per heavy atom. The fourth-order valence-corrected chi connectivity index (χ4v) is 3.47. The van der Waals surface area contributed by atoms with Crippen molar-refractivity contribution < 1.29 is 19.5 Å². The molecule has 26 heavy (non-hydrogen) atoms. The second-order valence-electron chi connectivity index (χ2n) is 5.64. The molecule has 0 aromatic heterocycles. The summed E-state index contributed by atoms with van der Waals surface area (Å²) in [5.41, 5.74) is 1.79. The first-order chi connectivity index (χ1) is 12.5. The van der Waals surface area contributed by atoms with Crippen LogP contribution in [0.25, 0.3) is 6.08 Å². The maximum Gasteiger partial charge on any atom is 0.337 e. The monoisotopic (exact) mass is 365 g/mol. The van der Waals surface area contributed by atoms with Crippen molar-refractivity contribution in [1.29, 1.82) is 0 Å². The van der Waals surface area contributed by atoms with Gasteiger partial charge in [0, 0.05) is 0 Å². The van der Waals surface area contributed by atoms with Crippen LogP contribution in [0, 0.1) is 0 Å². The van der Waals surface area contributed by atoms with Crippen molar-refractivity contribution in [2.24, 2.45) is 0 Å². The van der Waals surface area contributed by atoms with E-state index in [1.165, 1.54) is 12.1 Å². The van der Waals surface area contributed by atoms with Crippen molar-refractivity contribution in [3.05, 3.63) is 82.3 Å². The number of para-hydroxylation sites is 1. The van der Waals surface area contributed by atoms with Crippen molar-refractivity contribution in [3.8, 4) is 0 Å². The second kappa shape index (κ2) is 7.41. The Kier molecular flexibility index (Phi) is 5.04. The maximum absolute atomic E-state index is 12.7. The van der Waals surface area contributed by atoms with Crippen molar-refractivity contribution in [2.75, 3.05) is 4.90 Å². The molecule has 1 heterocycles. The molecule has 1 saturated heterocycles. The summed E-state index contributed by atoms with van der Waals surface area (Å²) in [6.07, 6.45) is 3.54. The van der Waals surface area contributed by atoms with Gasteiger partial charge in [-0.1, -0.05) is 48.5 Å². The number of benzene rings is 2. The molecule has 2 amide bonds. The van der Waals surface area contributed by atoms with Crippen molar-refractivity contribution in [3.63, 3.8) is 0 Å². The fourth-order valence-electron chi connectivity index (χ4n) is 2.59. The van der Waals surface area contributed by atoms with Crippen LogP contribution in [-0.2, 0) is 4.79 Å². The number of anilines is 1. The van der Waals surface area contributed by atoms with Gasteiger partial charge in [0.15, 0.2) is 0 Å². The Morgan fingerprint density at radius 1 is 1.04 bits per heavy atom. The van der Waals surface area contributed by atoms with E-state index in [2.05, 4.69) is 0 Å². The number of hydrogen-bond acceptors (Lipinski definition) is 4. The molecule has 2 aromatic carbocycles. The van der Waals surface area contributed by atoms with E-state index in [9.17, 15) is 19.5 Å². The minimum atomic E-state index is -1.19. The van der Waals surface area contributed by atoms with Crippen molar-refractivity contribution in [1.82, 2.24) is 0 Å². The first-order valence-corrected chi connectivity index (χ1v) is 8.62. The number of aromatic carboxylic acids is 1. The SMILES string of the molecule is CC(=C\c1ccccc1)/C=C1/SC(=O)N(c2ccccc2C(=O)O)C1=O. The number of hydrogen-bond donors (Lipinski definition) is 1. The maximum atomic E-state index is 12.7. The average Bonchev–Trinajstić information content (AvgIpc) is 2.89. The van der Waals surface area contributed by atoms with E-state index in [-0.39, 0.29) is 16.2 Å². The van der Waals surface area contributed by atoms with E-state index in [0.717, 1.165) is 27.8 Å². The molecule has 0 atom stereocenters. The smallest absolute Gasteiger partial charge is 0.337 e. The third kappa shape index (κ3) is 3.60. The Labute approximate surface area is 154 Å². The van der Waals surface area contributed by atoms with Crippen LogP contribution in [0.4, 0.5) is 10.5 Å². The van der Waals surface area contributed by atoms with Gasteiger partial charge in [0.2, 0.25) is 0 Å². The van der Waals surface area contributed by atoms with E-state index < -0.39 is 17.1 Å². The highest BCUT2D eigenvalue weighted by Crippen LogP contribution is 2.36. The topological polar surface area (TPSA) is 74.7 Å². The minimum Gasteiger partial charge on any atom is -0.478 e. The highest BCUT2D eigenvalue weighted by atomic mass is 32.2. The van der Waals surface area contributed by atoms with Gasteiger partial charge in [0.25, 0.3) is 11.1 Å². The van der Waals surface area contributed by atoms with Gasteiger partial charge in [-0.05, 0) is 48.0 Å². The van der Waals surface area contributed by atoms with Gasteiger partial charge in [-0.2, -0.15) is 0 Å². The molecule has 1 fully saturated rings. The van der Waals surface area contributed by atoms with Crippen LogP contribution in [0.2, 0.25) is 0 Å². The summed E-state index contributed by atoms with van der Waals surface area (Å²) in [4.78, 5) is 37.6. The number of carbonyl (C=O) groups excluding carboxylic acids is 2. The number of amides is 2. The number of carboxylic acid groups (broad SMARTS) is 1. The van der Waals surface area contributed by atoms with Crippen LogP contribution in [0.3, 0.4) is 0 Å². The zero-order valence-electron chi connectivity index (χ0n) is 13.9. The van der Waals surface area contributed by atoms with Crippen LogP contribution in [0.5, 0.6) is 0 Å². The summed E-state index contributed by atoms with van der Waals surface area (Å²) < 4.78 is 0. The fraction of sp³-hybridized carbons (Fsp3) is 0.0500. The number of rotatable bonds is 4. The molecule has 5 nitrogen and oxygen atoms in total. The molecule has 0 bridgehead atoms. The molecular weight excluding hydrogens is 350 g/mol. The predicted octanol–water partition coefficient (Wildman–Crippen LogP) is 4.57. The zero-order chi connectivity index (χ0) is 18.7. The van der Waals surface area contributed by atoms with Gasteiger partial charge in [-0.15, -0.1) is 0 Å². The highest BCUT2D eigenvalue weighted by Gasteiger charge is 2.38. The molecule has 0 saturated carbocycles. The van der Waals surface area contributed by atoms with Gasteiger partial charge in [-0.25, -0.2) is 9.69 Å². The molecule has 0 unspecified atom stereocenters. The molecule has 3 rings (SSSR count). The van der Waals surface area contributed by atoms with Gasteiger partial charge in [-0.3, -0.25) is 9.59 Å². The van der Waals surface area contributed by atoms with Crippen LogP contribution in [0.15, 0.2) is 71.2 Å². The molecular formula is C20H15NO4S. The van der Waals surface area contributed by atoms with Crippen LogP contribution < -0.4 is 4.90 Å². The summed E-state index contributed by atoms with van der Waals surface area (Å²) in [6.45, 7) is 1.84. The Morgan fingerprint density at radius 3 is 2.38 bits per heavy atom. The lowest BCUT2D eigenvalue weighted by molar-refractivity contribution is -0.113. The molecule has 1 N–H and O–H groups in total. The van der Waals surface area contributed by atoms with E-state index >= 15 is 0 Å². The Hall–Kier alpha value is -3.12. The molecule has 130 valence electrons. The molecule has 0 spiro atoms. The quantitative estimate of drug-likeness (QED) is 0.803. The van der Waals surface area contributed by atoms with E-state index in [0.29, 0.717) is 0 Å². The summed E-state index contributed by atoms with van der Waals surface area (Å²) in [6, 6.07) is 15.6. The Balaban J connectivity index is 1.93. The number of nitrogens with zero attached hydrogens (tertiary/aromatic N) is 1. The first kappa shape index (κ1) is 17.7. The second-order valence-corrected chi connectivity index (χ2v) is 6.63.